The predicted molar refractivity (Wildman–Crippen MR) is 81.6 cm³/mol. The number of aliphatic hydroxyl groups excluding tert-OH is 1. The maximum atomic E-state index is 12.1. The number of benzene rings is 1. The first kappa shape index (κ1) is 16.5. The average molecular weight is 349 g/mol. The Morgan fingerprint density at radius 1 is 1.47 bits per heavy atom. The zero-order valence-corrected chi connectivity index (χ0v) is 13.7. The number of nitrogens with one attached hydrogen (secondary N) is 1. The maximum Gasteiger partial charge on any atom is 0.253 e. The lowest BCUT2D eigenvalue weighted by Crippen LogP contribution is -2.40. The van der Waals surface area contributed by atoms with Crippen molar-refractivity contribution in [2.45, 2.75) is 33.2 Å². The molecule has 0 aliphatic heterocycles. The van der Waals surface area contributed by atoms with Gasteiger partial charge < -0.3 is 10.4 Å². The number of aliphatic hydroxyl groups is 1. The highest BCUT2D eigenvalue weighted by Crippen LogP contribution is 2.26. The summed E-state index contributed by atoms with van der Waals surface area (Å²) >= 11 is 9.36. The first-order chi connectivity index (χ1) is 8.74. The van der Waals surface area contributed by atoms with Crippen LogP contribution in [0.2, 0.25) is 5.02 Å². The van der Waals surface area contributed by atoms with Gasteiger partial charge in [-0.3, -0.25) is 4.79 Å². The molecule has 0 saturated carbocycles. The highest BCUT2D eigenvalue weighted by molar-refractivity contribution is 9.10. The Bertz CT molecular complexity index is 457. The van der Waals surface area contributed by atoms with E-state index in [1.165, 1.54) is 0 Å². The van der Waals surface area contributed by atoms with Crippen LogP contribution in [0.1, 0.15) is 37.6 Å². The van der Waals surface area contributed by atoms with Gasteiger partial charge in [0.1, 0.15) is 0 Å². The van der Waals surface area contributed by atoms with Gasteiger partial charge in [-0.05, 0) is 39.9 Å². The number of hydrogen-bond donors (Lipinski definition) is 2. The molecule has 0 aromatic heterocycles. The van der Waals surface area contributed by atoms with E-state index in [9.17, 15) is 9.90 Å². The van der Waals surface area contributed by atoms with Crippen molar-refractivity contribution in [3.63, 3.8) is 0 Å². The molecule has 1 aromatic carbocycles. The number of amides is 1. The molecule has 1 aromatic rings. The lowest BCUT2D eigenvalue weighted by molar-refractivity contribution is 0.0898. The molecule has 1 atom stereocenters. The zero-order chi connectivity index (χ0) is 14.6. The smallest absolute Gasteiger partial charge is 0.253 e. The standard InChI is InChI=1S/C14H19BrClNO2/c1-14(2,3)7-9(8-18)17-13(19)10-5-4-6-11(15)12(10)16/h4-6,9,18H,7-8H2,1-3H3,(H,17,19). The fourth-order valence-electron chi connectivity index (χ4n) is 1.84. The van der Waals surface area contributed by atoms with Crippen LogP contribution in [-0.4, -0.2) is 23.7 Å². The van der Waals surface area contributed by atoms with E-state index >= 15 is 0 Å². The van der Waals surface area contributed by atoms with E-state index in [-0.39, 0.29) is 24.0 Å². The molecule has 0 aliphatic rings. The lowest BCUT2D eigenvalue weighted by atomic mass is 9.88. The molecule has 106 valence electrons. The molecule has 0 saturated heterocycles. The van der Waals surface area contributed by atoms with Gasteiger partial charge >= 0.3 is 0 Å². The largest absolute Gasteiger partial charge is 0.394 e. The minimum atomic E-state index is -0.275. The monoisotopic (exact) mass is 347 g/mol. The Morgan fingerprint density at radius 3 is 2.63 bits per heavy atom. The zero-order valence-electron chi connectivity index (χ0n) is 11.3. The molecule has 1 amide bonds. The molecule has 0 heterocycles. The molecule has 5 heteroatoms. The maximum absolute atomic E-state index is 12.1. The summed E-state index contributed by atoms with van der Waals surface area (Å²) in [7, 11) is 0. The molecule has 1 rings (SSSR count). The second-order valence-corrected chi connectivity index (χ2v) is 6.95. The molecule has 0 spiro atoms. The Morgan fingerprint density at radius 2 is 2.11 bits per heavy atom. The fraction of sp³-hybridized carbons (Fsp3) is 0.500. The van der Waals surface area contributed by atoms with Gasteiger partial charge in [0.15, 0.2) is 0 Å². The van der Waals surface area contributed by atoms with Gasteiger partial charge in [-0.1, -0.05) is 38.4 Å². The minimum Gasteiger partial charge on any atom is -0.394 e. The first-order valence-electron chi connectivity index (χ1n) is 6.10. The van der Waals surface area contributed by atoms with E-state index in [1.54, 1.807) is 18.2 Å². The van der Waals surface area contributed by atoms with E-state index in [4.69, 9.17) is 11.6 Å². The van der Waals surface area contributed by atoms with E-state index in [2.05, 4.69) is 42.0 Å². The molecule has 3 nitrogen and oxygen atoms in total. The molecule has 0 bridgehead atoms. The van der Waals surface area contributed by atoms with Crippen molar-refractivity contribution in [3.05, 3.63) is 33.3 Å². The first-order valence-corrected chi connectivity index (χ1v) is 7.27. The third kappa shape index (κ3) is 5.13. The number of halogens is 2. The Balaban J connectivity index is 2.80. The highest BCUT2D eigenvalue weighted by atomic mass is 79.9. The molecule has 0 radical (unpaired) electrons. The van der Waals surface area contributed by atoms with Crippen LogP contribution in [0.5, 0.6) is 0 Å². The summed E-state index contributed by atoms with van der Waals surface area (Å²) in [4.78, 5) is 12.1. The predicted octanol–water partition coefficient (Wildman–Crippen LogP) is 3.63. The molecule has 1 unspecified atom stereocenters. The second-order valence-electron chi connectivity index (χ2n) is 5.72. The summed E-state index contributed by atoms with van der Waals surface area (Å²) in [5.74, 6) is -0.269. The van der Waals surface area contributed by atoms with Gasteiger partial charge in [-0.25, -0.2) is 0 Å². The SMILES string of the molecule is CC(C)(C)CC(CO)NC(=O)c1cccc(Br)c1Cl. The third-order valence-corrected chi connectivity index (χ3v) is 3.91. The Labute approximate surface area is 127 Å². The van der Waals surface area contributed by atoms with E-state index in [0.29, 0.717) is 21.5 Å². The van der Waals surface area contributed by atoms with Crippen molar-refractivity contribution < 1.29 is 9.90 Å². The van der Waals surface area contributed by atoms with Crippen LogP contribution in [0.4, 0.5) is 0 Å². The van der Waals surface area contributed by atoms with Crippen molar-refractivity contribution in [1.29, 1.82) is 0 Å². The van der Waals surface area contributed by atoms with Crippen LogP contribution in [0.15, 0.2) is 22.7 Å². The molecule has 2 N–H and O–H groups in total. The molecule has 0 aliphatic carbocycles. The van der Waals surface area contributed by atoms with Crippen molar-refractivity contribution >= 4 is 33.4 Å². The van der Waals surface area contributed by atoms with Crippen LogP contribution in [0, 0.1) is 5.41 Å². The number of rotatable bonds is 4. The van der Waals surface area contributed by atoms with Crippen molar-refractivity contribution in [2.24, 2.45) is 5.41 Å². The van der Waals surface area contributed by atoms with Crippen LogP contribution < -0.4 is 5.32 Å². The Kier molecular flexibility index (Phi) is 5.83. The molecule has 0 fully saturated rings. The van der Waals surface area contributed by atoms with Gasteiger partial charge in [0.05, 0.1) is 23.2 Å². The van der Waals surface area contributed by atoms with Gasteiger partial charge in [-0.2, -0.15) is 0 Å². The lowest BCUT2D eigenvalue weighted by Gasteiger charge is -2.25. The molecule has 19 heavy (non-hydrogen) atoms. The summed E-state index contributed by atoms with van der Waals surface area (Å²) in [6.07, 6.45) is 0.695. The normalized spacial score (nSPS) is 13.2. The quantitative estimate of drug-likeness (QED) is 0.873. The number of hydrogen-bond acceptors (Lipinski definition) is 2. The van der Waals surface area contributed by atoms with Crippen LogP contribution in [0.3, 0.4) is 0 Å². The van der Waals surface area contributed by atoms with E-state index in [1.807, 2.05) is 0 Å². The molecular weight excluding hydrogens is 330 g/mol. The van der Waals surface area contributed by atoms with Crippen LogP contribution in [0.25, 0.3) is 0 Å². The van der Waals surface area contributed by atoms with Gasteiger partial charge in [0.25, 0.3) is 5.91 Å². The van der Waals surface area contributed by atoms with E-state index in [0.717, 1.165) is 0 Å². The second kappa shape index (κ2) is 6.73. The summed E-state index contributed by atoms with van der Waals surface area (Å²) < 4.78 is 0.679. The summed E-state index contributed by atoms with van der Waals surface area (Å²) in [5, 5.41) is 12.5. The summed E-state index contributed by atoms with van der Waals surface area (Å²) in [6.45, 7) is 6.10. The average Bonchev–Trinajstić information content (AvgIpc) is 2.29. The van der Waals surface area contributed by atoms with Crippen LogP contribution >= 0.6 is 27.5 Å². The van der Waals surface area contributed by atoms with Crippen LogP contribution in [-0.2, 0) is 0 Å². The van der Waals surface area contributed by atoms with Gasteiger partial charge in [0.2, 0.25) is 0 Å². The number of carbonyl (C=O) groups excluding carboxylic acids is 1. The van der Waals surface area contributed by atoms with E-state index < -0.39 is 0 Å². The minimum absolute atomic E-state index is 0.0295. The molecular formula is C14H19BrClNO2. The third-order valence-electron chi connectivity index (χ3n) is 2.61. The number of carbonyl (C=O) groups is 1. The van der Waals surface area contributed by atoms with Crippen molar-refractivity contribution in [3.8, 4) is 0 Å². The topological polar surface area (TPSA) is 49.3 Å². The summed E-state index contributed by atoms with van der Waals surface area (Å²) in [6, 6.07) is 4.91. The highest BCUT2D eigenvalue weighted by Gasteiger charge is 2.21. The van der Waals surface area contributed by atoms with Crippen molar-refractivity contribution in [2.75, 3.05) is 6.61 Å². The van der Waals surface area contributed by atoms with Gasteiger partial charge in [-0.15, -0.1) is 0 Å². The Hall–Kier alpha value is -0.580. The van der Waals surface area contributed by atoms with Crippen molar-refractivity contribution in [1.82, 2.24) is 5.32 Å². The van der Waals surface area contributed by atoms with Gasteiger partial charge in [0, 0.05) is 4.47 Å². The fourth-order valence-corrected chi connectivity index (χ4v) is 2.42. The summed E-state index contributed by atoms with van der Waals surface area (Å²) in [5.41, 5.74) is 0.435.